The summed E-state index contributed by atoms with van der Waals surface area (Å²) in [6.45, 7) is 3.40. The van der Waals surface area contributed by atoms with Gasteiger partial charge in [-0.3, -0.25) is 4.79 Å². The lowest BCUT2D eigenvalue weighted by Crippen LogP contribution is -2.58. The van der Waals surface area contributed by atoms with E-state index in [2.05, 4.69) is 0 Å². The molecule has 7 heteroatoms. The van der Waals surface area contributed by atoms with Crippen molar-refractivity contribution in [2.75, 3.05) is 19.7 Å². The summed E-state index contributed by atoms with van der Waals surface area (Å²) in [6, 6.07) is 9.35. The third-order valence-electron chi connectivity index (χ3n) is 5.64. The first-order chi connectivity index (χ1) is 14.0. The van der Waals surface area contributed by atoms with Crippen molar-refractivity contribution in [3.63, 3.8) is 0 Å². The van der Waals surface area contributed by atoms with Gasteiger partial charge in [0.2, 0.25) is 0 Å². The number of rotatable bonds is 8. The molecule has 1 unspecified atom stereocenters. The van der Waals surface area contributed by atoms with Gasteiger partial charge < -0.3 is 19.3 Å². The first-order valence-corrected chi connectivity index (χ1v) is 10.6. The Morgan fingerprint density at radius 3 is 2.34 bits per heavy atom. The fourth-order valence-electron chi connectivity index (χ4n) is 4.00. The van der Waals surface area contributed by atoms with Crippen molar-refractivity contribution >= 4 is 11.9 Å². The van der Waals surface area contributed by atoms with Gasteiger partial charge in [0.05, 0.1) is 18.6 Å². The highest BCUT2D eigenvalue weighted by Crippen LogP contribution is 2.32. The Hall–Kier alpha value is -1.96. The molecule has 1 saturated carbocycles. The number of carbonyl (C=O) groups is 2. The molecular weight excluding hydrogens is 374 g/mol. The van der Waals surface area contributed by atoms with Gasteiger partial charge in [0.1, 0.15) is 6.61 Å². The smallest absolute Gasteiger partial charge is 0.384 e. The molecule has 0 aromatic heterocycles. The SMILES string of the molecule is CCOC(=O)[C@H]1CC[C@H](OC(O)(C(=O)OCc2ccccc2)N2CCCC2)CC1. The summed E-state index contributed by atoms with van der Waals surface area (Å²) in [6.07, 6.45) is 3.91. The lowest BCUT2D eigenvalue weighted by molar-refractivity contribution is -0.305. The number of aliphatic hydroxyl groups is 1. The van der Waals surface area contributed by atoms with Gasteiger partial charge >= 0.3 is 17.8 Å². The second-order valence-corrected chi connectivity index (χ2v) is 7.71. The molecule has 1 N–H and O–H groups in total. The van der Waals surface area contributed by atoms with E-state index in [1.54, 1.807) is 11.8 Å². The molecule has 2 fully saturated rings. The Bertz CT molecular complexity index is 667. The van der Waals surface area contributed by atoms with Crippen LogP contribution in [0.1, 0.15) is 51.0 Å². The summed E-state index contributed by atoms with van der Waals surface area (Å²) in [4.78, 5) is 26.4. The normalized spacial score (nSPS) is 24.6. The van der Waals surface area contributed by atoms with Crippen LogP contribution in [-0.4, -0.2) is 53.7 Å². The van der Waals surface area contributed by atoms with E-state index >= 15 is 0 Å². The van der Waals surface area contributed by atoms with Crippen LogP contribution < -0.4 is 0 Å². The van der Waals surface area contributed by atoms with Gasteiger partial charge in [-0.05, 0) is 51.0 Å². The molecule has 0 amide bonds. The average Bonchev–Trinajstić information content (AvgIpc) is 3.29. The molecule has 160 valence electrons. The molecule has 1 saturated heterocycles. The van der Waals surface area contributed by atoms with Crippen LogP contribution in [0.2, 0.25) is 0 Å². The van der Waals surface area contributed by atoms with Gasteiger partial charge in [-0.15, -0.1) is 0 Å². The van der Waals surface area contributed by atoms with Crippen LogP contribution in [0.25, 0.3) is 0 Å². The Labute approximate surface area is 171 Å². The van der Waals surface area contributed by atoms with Gasteiger partial charge in [0.15, 0.2) is 0 Å². The van der Waals surface area contributed by atoms with Crippen molar-refractivity contribution in [1.82, 2.24) is 4.90 Å². The molecule has 1 heterocycles. The summed E-state index contributed by atoms with van der Waals surface area (Å²) in [7, 11) is 0. The van der Waals surface area contributed by atoms with E-state index in [-0.39, 0.29) is 24.6 Å². The molecule has 1 aliphatic carbocycles. The van der Waals surface area contributed by atoms with E-state index in [0.29, 0.717) is 45.4 Å². The molecule has 7 nitrogen and oxygen atoms in total. The zero-order valence-corrected chi connectivity index (χ0v) is 17.0. The lowest BCUT2D eigenvalue weighted by Gasteiger charge is -2.38. The zero-order chi connectivity index (χ0) is 20.7. The fourth-order valence-corrected chi connectivity index (χ4v) is 4.00. The van der Waals surface area contributed by atoms with Crippen molar-refractivity contribution in [2.45, 2.75) is 64.1 Å². The second kappa shape index (κ2) is 10.2. The number of hydrogen-bond donors (Lipinski definition) is 1. The second-order valence-electron chi connectivity index (χ2n) is 7.71. The predicted octanol–water partition coefficient (Wildman–Crippen LogP) is 2.61. The first-order valence-electron chi connectivity index (χ1n) is 10.6. The van der Waals surface area contributed by atoms with Crippen molar-refractivity contribution < 1.29 is 28.9 Å². The van der Waals surface area contributed by atoms with E-state index in [1.165, 1.54) is 0 Å². The summed E-state index contributed by atoms with van der Waals surface area (Å²) < 4.78 is 16.5. The summed E-state index contributed by atoms with van der Waals surface area (Å²) >= 11 is 0. The summed E-state index contributed by atoms with van der Waals surface area (Å²) in [5.41, 5.74) is 0.847. The molecule has 2 aliphatic rings. The largest absolute Gasteiger partial charge is 0.466 e. The number of likely N-dealkylation sites (tertiary alicyclic amines) is 1. The highest BCUT2D eigenvalue weighted by Gasteiger charge is 2.49. The topological polar surface area (TPSA) is 85.3 Å². The third-order valence-corrected chi connectivity index (χ3v) is 5.64. The molecule has 0 spiro atoms. The highest BCUT2D eigenvalue weighted by molar-refractivity contribution is 5.77. The number of carbonyl (C=O) groups excluding carboxylic acids is 2. The monoisotopic (exact) mass is 405 g/mol. The number of ether oxygens (including phenoxy) is 3. The number of nitrogens with zero attached hydrogens (tertiary/aromatic N) is 1. The van der Waals surface area contributed by atoms with Gasteiger partial charge in [-0.1, -0.05) is 30.3 Å². The van der Waals surface area contributed by atoms with E-state index in [9.17, 15) is 14.7 Å². The molecule has 1 aromatic rings. The molecule has 1 aromatic carbocycles. The molecule has 1 aliphatic heterocycles. The average molecular weight is 405 g/mol. The van der Waals surface area contributed by atoms with Crippen molar-refractivity contribution in [1.29, 1.82) is 0 Å². The Morgan fingerprint density at radius 2 is 1.72 bits per heavy atom. The molecule has 0 radical (unpaired) electrons. The first kappa shape index (κ1) is 21.7. The van der Waals surface area contributed by atoms with Gasteiger partial charge in [-0.2, -0.15) is 0 Å². The minimum Gasteiger partial charge on any atom is -0.466 e. The van der Waals surface area contributed by atoms with Crippen molar-refractivity contribution in [3.8, 4) is 0 Å². The van der Waals surface area contributed by atoms with Gasteiger partial charge in [0, 0.05) is 13.1 Å². The van der Waals surface area contributed by atoms with Crippen LogP contribution in [-0.2, 0) is 30.4 Å². The predicted molar refractivity (Wildman–Crippen MR) is 105 cm³/mol. The molecule has 0 bridgehead atoms. The van der Waals surface area contributed by atoms with E-state index in [4.69, 9.17) is 14.2 Å². The molecule has 29 heavy (non-hydrogen) atoms. The summed E-state index contributed by atoms with van der Waals surface area (Å²) in [5.74, 6) is -3.19. The summed E-state index contributed by atoms with van der Waals surface area (Å²) in [5, 5.41) is 11.2. The number of hydrogen-bond acceptors (Lipinski definition) is 7. The Kier molecular flexibility index (Phi) is 7.64. The standard InChI is InChI=1S/C22H31NO6/c1-2-27-20(24)18-10-12-19(13-11-18)29-22(26,23-14-6-7-15-23)21(25)28-16-17-8-4-3-5-9-17/h3-5,8-9,18-19,26H,2,6-7,10-16H2,1H3/t18-,19-,22?. The minimum atomic E-state index is -2.09. The highest BCUT2D eigenvalue weighted by atomic mass is 16.7. The number of esters is 2. The minimum absolute atomic E-state index is 0.0782. The van der Waals surface area contributed by atoms with Crippen LogP contribution in [0.5, 0.6) is 0 Å². The molecular formula is C22H31NO6. The fraction of sp³-hybridized carbons (Fsp3) is 0.636. The molecule has 3 rings (SSSR count). The van der Waals surface area contributed by atoms with Crippen LogP contribution in [0.15, 0.2) is 30.3 Å². The van der Waals surface area contributed by atoms with Crippen molar-refractivity contribution in [2.24, 2.45) is 5.92 Å². The zero-order valence-electron chi connectivity index (χ0n) is 17.0. The number of benzene rings is 1. The third kappa shape index (κ3) is 5.56. The van der Waals surface area contributed by atoms with E-state index < -0.39 is 11.9 Å². The van der Waals surface area contributed by atoms with Gasteiger partial charge in [0.25, 0.3) is 0 Å². The lowest BCUT2D eigenvalue weighted by atomic mass is 9.87. The molecule has 1 atom stereocenters. The quantitative estimate of drug-likeness (QED) is 0.526. The van der Waals surface area contributed by atoms with E-state index in [1.807, 2.05) is 30.3 Å². The van der Waals surface area contributed by atoms with Crippen LogP contribution in [0.4, 0.5) is 0 Å². The van der Waals surface area contributed by atoms with Crippen LogP contribution >= 0.6 is 0 Å². The maximum absolute atomic E-state index is 12.8. The maximum Gasteiger partial charge on any atom is 0.384 e. The maximum atomic E-state index is 12.8. The van der Waals surface area contributed by atoms with Crippen LogP contribution in [0, 0.1) is 5.92 Å². The van der Waals surface area contributed by atoms with Gasteiger partial charge in [-0.25, -0.2) is 9.69 Å². The van der Waals surface area contributed by atoms with Crippen LogP contribution in [0.3, 0.4) is 0 Å². The Morgan fingerprint density at radius 1 is 1.07 bits per heavy atom. The van der Waals surface area contributed by atoms with E-state index in [0.717, 1.165) is 18.4 Å². The Balaban J connectivity index is 1.61. The van der Waals surface area contributed by atoms with Crippen molar-refractivity contribution in [3.05, 3.63) is 35.9 Å².